The fourth-order valence-electron chi connectivity index (χ4n) is 2.18. The number of ether oxygens (including phenoxy) is 1. The number of fused-ring (bicyclic) bond motifs is 1. The molecule has 3 aromatic rings. The van der Waals surface area contributed by atoms with Crippen LogP contribution in [0.15, 0.2) is 48.5 Å². The monoisotopic (exact) mass is 248 g/mol. The average molecular weight is 248 g/mol. The van der Waals surface area contributed by atoms with Gasteiger partial charge in [0, 0.05) is 22.2 Å². The number of aromatic nitrogens is 1. The predicted octanol–water partition coefficient (Wildman–Crippen LogP) is 3.72. The standard InChI is InChI=1S/C16H12N2O/c1-19-16-9-12(6-7-13(16)10-17)15-8-11-4-2-3-5-14(11)18-15/h2-9,18H,1H3. The molecule has 0 aliphatic rings. The van der Waals surface area contributed by atoms with Crippen molar-refractivity contribution < 1.29 is 4.74 Å². The molecule has 19 heavy (non-hydrogen) atoms. The molecule has 0 aliphatic carbocycles. The molecule has 0 saturated heterocycles. The summed E-state index contributed by atoms with van der Waals surface area (Å²) in [5, 5.41) is 10.2. The molecule has 3 heteroatoms. The van der Waals surface area contributed by atoms with E-state index in [1.54, 1.807) is 13.2 Å². The summed E-state index contributed by atoms with van der Waals surface area (Å²) in [7, 11) is 1.57. The van der Waals surface area contributed by atoms with Crippen LogP contribution in [0.1, 0.15) is 5.56 Å². The molecule has 1 heterocycles. The second-order valence-electron chi connectivity index (χ2n) is 4.30. The molecular weight excluding hydrogens is 236 g/mol. The summed E-state index contributed by atoms with van der Waals surface area (Å²) in [4.78, 5) is 3.36. The SMILES string of the molecule is COc1cc(-c2cc3ccccc3[nH]2)ccc1C#N. The van der Waals surface area contributed by atoms with E-state index in [9.17, 15) is 0 Å². The molecular formula is C16H12N2O. The fourth-order valence-corrected chi connectivity index (χ4v) is 2.18. The van der Waals surface area contributed by atoms with Crippen LogP contribution in [0.5, 0.6) is 5.75 Å². The summed E-state index contributed by atoms with van der Waals surface area (Å²) < 4.78 is 5.24. The molecule has 1 N–H and O–H groups in total. The van der Waals surface area contributed by atoms with Gasteiger partial charge in [0.15, 0.2) is 0 Å². The van der Waals surface area contributed by atoms with Crippen molar-refractivity contribution in [3.05, 3.63) is 54.1 Å². The summed E-state index contributed by atoms with van der Waals surface area (Å²) in [5.41, 5.74) is 3.67. The first-order valence-corrected chi connectivity index (χ1v) is 5.98. The van der Waals surface area contributed by atoms with Crippen molar-refractivity contribution in [3.63, 3.8) is 0 Å². The van der Waals surface area contributed by atoms with Crippen molar-refractivity contribution in [1.82, 2.24) is 4.98 Å². The Hall–Kier alpha value is -2.73. The zero-order chi connectivity index (χ0) is 13.2. The third-order valence-electron chi connectivity index (χ3n) is 3.16. The predicted molar refractivity (Wildman–Crippen MR) is 75.0 cm³/mol. The highest BCUT2D eigenvalue weighted by Crippen LogP contribution is 2.28. The van der Waals surface area contributed by atoms with Gasteiger partial charge in [0.25, 0.3) is 0 Å². The molecule has 0 aliphatic heterocycles. The van der Waals surface area contributed by atoms with E-state index < -0.39 is 0 Å². The third kappa shape index (κ3) is 1.94. The quantitative estimate of drug-likeness (QED) is 0.751. The molecule has 0 radical (unpaired) electrons. The van der Waals surface area contributed by atoms with Gasteiger partial charge >= 0.3 is 0 Å². The van der Waals surface area contributed by atoms with Crippen molar-refractivity contribution >= 4 is 10.9 Å². The number of H-pyrrole nitrogens is 1. The lowest BCUT2D eigenvalue weighted by Crippen LogP contribution is -1.88. The van der Waals surface area contributed by atoms with Crippen LogP contribution < -0.4 is 4.74 Å². The Morgan fingerprint density at radius 2 is 1.95 bits per heavy atom. The maximum atomic E-state index is 8.99. The molecule has 0 bridgehead atoms. The van der Waals surface area contributed by atoms with E-state index in [0.717, 1.165) is 16.8 Å². The van der Waals surface area contributed by atoms with Gasteiger partial charge in [0.1, 0.15) is 11.8 Å². The highest BCUT2D eigenvalue weighted by Gasteiger charge is 2.07. The second kappa shape index (κ2) is 4.51. The first kappa shape index (κ1) is 11.4. The first-order valence-electron chi connectivity index (χ1n) is 5.98. The van der Waals surface area contributed by atoms with Crippen molar-refractivity contribution in [2.45, 2.75) is 0 Å². The summed E-state index contributed by atoms with van der Waals surface area (Å²) >= 11 is 0. The van der Waals surface area contributed by atoms with Crippen molar-refractivity contribution in [3.8, 4) is 23.1 Å². The lowest BCUT2D eigenvalue weighted by Gasteiger charge is -2.04. The summed E-state index contributed by atoms with van der Waals surface area (Å²) in [6.45, 7) is 0. The molecule has 0 spiro atoms. The van der Waals surface area contributed by atoms with Gasteiger partial charge in [-0.15, -0.1) is 0 Å². The van der Waals surface area contributed by atoms with Crippen molar-refractivity contribution in [2.75, 3.05) is 7.11 Å². The Morgan fingerprint density at radius 1 is 1.11 bits per heavy atom. The van der Waals surface area contributed by atoms with E-state index in [4.69, 9.17) is 10.00 Å². The van der Waals surface area contributed by atoms with Gasteiger partial charge in [-0.1, -0.05) is 24.3 Å². The molecule has 0 atom stereocenters. The maximum absolute atomic E-state index is 8.99. The molecule has 0 unspecified atom stereocenters. The number of nitriles is 1. The third-order valence-corrected chi connectivity index (χ3v) is 3.16. The van der Waals surface area contributed by atoms with Gasteiger partial charge in [-0.2, -0.15) is 5.26 Å². The maximum Gasteiger partial charge on any atom is 0.137 e. The number of methoxy groups -OCH3 is 1. The number of aromatic amines is 1. The number of rotatable bonds is 2. The van der Waals surface area contributed by atoms with E-state index in [2.05, 4.69) is 23.2 Å². The zero-order valence-electron chi connectivity index (χ0n) is 10.5. The van der Waals surface area contributed by atoms with Crippen LogP contribution in [0.2, 0.25) is 0 Å². The smallest absolute Gasteiger partial charge is 0.137 e. The highest BCUT2D eigenvalue weighted by molar-refractivity contribution is 5.86. The minimum atomic E-state index is 0.544. The Labute approximate surface area is 111 Å². The van der Waals surface area contributed by atoms with Crippen LogP contribution in [0.25, 0.3) is 22.2 Å². The van der Waals surface area contributed by atoms with Crippen LogP contribution in [0.3, 0.4) is 0 Å². The Bertz CT molecular complexity index is 748. The van der Waals surface area contributed by atoms with E-state index in [0.29, 0.717) is 11.3 Å². The van der Waals surface area contributed by atoms with Gasteiger partial charge in [-0.3, -0.25) is 0 Å². The number of nitrogens with one attached hydrogen (secondary N) is 1. The first-order chi connectivity index (χ1) is 9.31. The topological polar surface area (TPSA) is 48.8 Å². The molecule has 0 saturated carbocycles. The zero-order valence-corrected chi connectivity index (χ0v) is 10.5. The normalized spacial score (nSPS) is 10.3. The lowest BCUT2D eigenvalue weighted by molar-refractivity contribution is 0.413. The minimum absolute atomic E-state index is 0.544. The molecule has 1 aromatic heterocycles. The van der Waals surface area contributed by atoms with Crippen LogP contribution in [-0.4, -0.2) is 12.1 Å². The number of hydrogen-bond donors (Lipinski definition) is 1. The Balaban J connectivity index is 2.13. The fraction of sp³-hybridized carbons (Fsp3) is 0.0625. The molecule has 0 amide bonds. The number of hydrogen-bond acceptors (Lipinski definition) is 2. The Morgan fingerprint density at radius 3 is 2.68 bits per heavy atom. The van der Waals surface area contributed by atoms with Gasteiger partial charge in [0.05, 0.1) is 12.7 Å². The van der Waals surface area contributed by atoms with E-state index in [1.165, 1.54) is 5.39 Å². The average Bonchev–Trinajstić information content (AvgIpc) is 2.90. The van der Waals surface area contributed by atoms with E-state index >= 15 is 0 Å². The van der Waals surface area contributed by atoms with Crippen LogP contribution in [-0.2, 0) is 0 Å². The van der Waals surface area contributed by atoms with Crippen molar-refractivity contribution in [1.29, 1.82) is 5.26 Å². The molecule has 3 nitrogen and oxygen atoms in total. The van der Waals surface area contributed by atoms with Crippen molar-refractivity contribution in [2.24, 2.45) is 0 Å². The van der Waals surface area contributed by atoms with Gasteiger partial charge in [0.2, 0.25) is 0 Å². The lowest BCUT2D eigenvalue weighted by atomic mass is 10.1. The molecule has 2 aromatic carbocycles. The van der Waals surface area contributed by atoms with E-state index in [-0.39, 0.29) is 0 Å². The van der Waals surface area contributed by atoms with Gasteiger partial charge in [-0.05, 0) is 24.3 Å². The van der Waals surface area contributed by atoms with Crippen LogP contribution >= 0.6 is 0 Å². The largest absolute Gasteiger partial charge is 0.495 e. The summed E-state index contributed by atoms with van der Waals surface area (Å²) in [6, 6.07) is 17.9. The summed E-state index contributed by atoms with van der Waals surface area (Å²) in [6.07, 6.45) is 0. The molecule has 3 rings (SSSR count). The number of nitrogens with zero attached hydrogens (tertiary/aromatic N) is 1. The number of benzene rings is 2. The van der Waals surface area contributed by atoms with Crippen LogP contribution in [0.4, 0.5) is 0 Å². The summed E-state index contributed by atoms with van der Waals surface area (Å²) in [5.74, 6) is 0.596. The molecule has 0 fully saturated rings. The Kier molecular flexibility index (Phi) is 2.70. The molecule has 92 valence electrons. The highest BCUT2D eigenvalue weighted by atomic mass is 16.5. The minimum Gasteiger partial charge on any atom is -0.495 e. The van der Waals surface area contributed by atoms with Gasteiger partial charge in [-0.25, -0.2) is 0 Å². The van der Waals surface area contributed by atoms with Crippen LogP contribution in [0, 0.1) is 11.3 Å². The van der Waals surface area contributed by atoms with E-state index in [1.807, 2.05) is 30.3 Å². The second-order valence-corrected chi connectivity index (χ2v) is 4.30. The number of para-hydroxylation sites is 1. The van der Waals surface area contributed by atoms with Gasteiger partial charge < -0.3 is 9.72 Å².